The van der Waals surface area contributed by atoms with Crippen LogP contribution < -0.4 is 4.74 Å². The third-order valence-electron chi connectivity index (χ3n) is 3.28. The van der Waals surface area contributed by atoms with Crippen LogP contribution in [-0.2, 0) is 4.79 Å². The molecule has 2 heteroatoms. The fourth-order valence-corrected chi connectivity index (χ4v) is 2.01. The van der Waals surface area contributed by atoms with Crippen molar-refractivity contribution in [3.05, 3.63) is 42.0 Å². The standard InChI is InChI=1S/C16H18O2/c1-4-11(2)13-5-6-15-10-16(18-12(3)17)8-7-14(15)9-13/h5-11H,4H2,1-3H3. The fourth-order valence-electron chi connectivity index (χ4n) is 2.01. The molecule has 0 aliphatic rings. The van der Waals surface area contributed by atoms with Crippen LogP contribution in [0.1, 0.15) is 38.7 Å². The number of carbonyl (C=O) groups is 1. The molecule has 1 unspecified atom stereocenters. The van der Waals surface area contributed by atoms with E-state index in [-0.39, 0.29) is 5.97 Å². The molecule has 0 saturated carbocycles. The van der Waals surface area contributed by atoms with Gasteiger partial charge in [-0.1, -0.05) is 38.1 Å². The van der Waals surface area contributed by atoms with Crippen molar-refractivity contribution in [1.82, 2.24) is 0 Å². The van der Waals surface area contributed by atoms with Gasteiger partial charge in [0.2, 0.25) is 0 Å². The van der Waals surface area contributed by atoms with Crippen LogP contribution in [0.5, 0.6) is 5.75 Å². The lowest BCUT2D eigenvalue weighted by molar-refractivity contribution is -0.131. The molecule has 0 aromatic heterocycles. The van der Waals surface area contributed by atoms with E-state index in [0.717, 1.165) is 11.8 Å². The molecule has 0 amide bonds. The summed E-state index contributed by atoms with van der Waals surface area (Å²) in [6.07, 6.45) is 1.14. The smallest absolute Gasteiger partial charge is 0.308 e. The number of hydrogen-bond donors (Lipinski definition) is 0. The Hall–Kier alpha value is -1.83. The van der Waals surface area contributed by atoms with E-state index in [2.05, 4.69) is 32.0 Å². The number of esters is 1. The molecule has 0 fully saturated rings. The molecule has 0 aliphatic heterocycles. The van der Waals surface area contributed by atoms with Crippen LogP contribution in [0.2, 0.25) is 0 Å². The van der Waals surface area contributed by atoms with Gasteiger partial charge in [0.1, 0.15) is 5.75 Å². The first-order valence-corrected chi connectivity index (χ1v) is 6.32. The minimum absolute atomic E-state index is 0.287. The molecule has 0 N–H and O–H groups in total. The number of carbonyl (C=O) groups excluding carboxylic acids is 1. The van der Waals surface area contributed by atoms with Gasteiger partial charge < -0.3 is 4.74 Å². The summed E-state index contributed by atoms with van der Waals surface area (Å²) < 4.78 is 5.08. The number of benzene rings is 2. The van der Waals surface area contributed by atoms with E-state index < -0.39 is 0 Å². The maximum absolute atomic E-state index is 10.9. The van der Waals surface area contributed by atoms with E-state index in [4.69, 9.17) is 4.74 Å². The van der Waals surface area contributed by atoms with Gasteiger partial charge in [-0.3, -0.25) is 4.79 Å². The Morgan fingerprint density at radius 3 is 2.50 bits per heavy atom. The Kier molecular flexibility index (Phi) is 3.66. The SMILES string of the molecule is CCC(C)c1ccc2cc(OC(C)=O)ccc2c1. The van der Waals surface area contributed by atoms with Gasteiger partial charge in [-0.05, 0) is 40.8 Å². The number of rotatable bonds is 3. The van der Waals surface area contributed by atoms with Crippen LogP contribution in [-0.4, -0.2) is 5.97 Å². The second-order valence-electron chi connectivity index (χ2n) is 4.67. The lowest BCUT2D eigenvalue weighted by atomic mass is 9.96. The summed E-state index contributed by atoms with van der Waals surface area (Å²) >= 11 is 0. The van der Waals surface area contributed by atoms with Crippen LogP contribution in [0.4, 0.5) is 0 Å². The Labute approximate surface area is 108 Å². The zero-order valence-electron chi connectivity index (χ0n) is 11.1. The zero-order valence-corrected chi connectivity index (χ0v) is 11.1. The van der Waals surface area contributed by atoms with E-state index in [9.17, 15) is 4.79 Å². The molecule has 0 heterocycles. The second kappa shape index (κ2) is 5.21. The van der Waals surface area contributed by atoms with E-state index in [1.165, 1.54) is 17.9 Å². The molecule has 2 aromatic rings. The van der Waals surface area contributed by atoms with E-state index in [0.29, 0.717) is 11.7 Å². The molecule has 1 atom stereocenters. The monoisotopic (exact) mass is 242 g/mol. The first-order chi connectivity index (χ1) is 8.60. The highest BCUT2D eigenvalue weighted by molar-refractivity contribution is 5.85. The predicted octanol–water partition coefficient (Wildman–Crippen LogP) is 4.28. The molecule has 2 rings (SSSR count). The third-order valence-corrected chi connectivity index (χ3v) is 3.28. The van der Waals surface area contributed by atoms with Crippen molar-refractivity contribution in [3.8, 4) is 5.75 Å². The first kappa shape index (κ1) is 12.6. The Morgan fingerprint density at radius 2 is 1.83 bits per heavy atom. The number of ether oxygens (including phenoxy) is 1. The zero-order chi connectivity index (χ0) is 13.1. The third kappa shape index (κ3) is 2.70. The van der Waals surface area contributed by atoms with Crippen LogP contribution in [0.3, 0.4) is 0 Å². The molecule has 2 nitrogen and oxygen atoms in total. The minimum Gasteiger partial charge on any atom is -0.427 e. The maximum Gasteiger partial charge on any atom is 0.308 e. The average Bonchev–Trinajstić information content (AvgIpc) is 2.36. The Balaban J connectivity index is 2.38. The highest BCUT2D eigenvalue weighted by atomic mass is 16.5. The lowest BCUT2D eigenvalue weighted by Gasteiger charge is -2.10. The van der Waals surface area contributed by atoms with E-state index >= 15 is 0 Å². The highest BCUT2D eigenvalue weighted by Gasteiger charge is 2.05. The summed E-state index contributed by atoms with van der Waals surface area (Å²) in [5.41, 5.74) is 1.35. The molecule has 94 valence electrons. The van der Waals surface area contributed by atoms with Crippen LogP contribution in [0.15, 0.2) is 36.4 Å². The van der Waals surface area contributed by atoms with Gasteiger partial charge in [0.15, 0.2) is 0 Å². The van der Waals surface area contributed by atoms with Crippen molar-refractivity contribution in [3.63, 3.8) is 0 Å². The van der Waals surface area contributed by atoms with E-state index in [1.807, 2.05) is 18.2 Å². The topological polar surface area (TPSA) is 26.3 Å². The molecule has 0 bridgehead atoms. The Morgan fingerprint density at radius 1 is 1.17 bits per heavy atom. The minimum atomic E-state index is -0.287. The van der Waals surface area contributed by atoms with Gasteiger partial charge in [-0.15, -0.1) is 0 Å². The first-order valence-electron chi connectivity index (χ1n) is 6.32. The summed E-state index contributed by atoms with van der Waals surface area (Å²) in [5.74, 6) is 0.888. The average molecular weight is 242 g/mol. The summed E-state index contributed by atoms with van der Waals surface area (Å²) in [6.45, 7) is 5.84. The number of fused-ring (bicyclic) bond motifs is 1. The van der Waals surface area contributed by atoms with Crippen LogP contribution >= 0.6 is 0 Å². The maximum atomic E-state index is 10.9. The van der Waals surface area contributed by atoms with E-state index in [1.54, 1.807) is 0 Å². The predicted molar refractivity (Wildman–Crippen MR) is 74.0 cm³/mol. The second-order valence-corrected chi connectivity index (χ2v) is 4.67. The van der Waals surface area contributed by atoms with Crippen LogP contribution in [0.25, 0.3) is 10.8 Å². The number of hydrogen-bond acceptors (Lipinski definition) is 2. The van der Waals surface area contributed by atoms with Crippen molar-refractivity contribution in [1.29, 1.82) is 0 Å². The van der Waals surface area contributed by atoms with Gasteiger partial charge in [-0.25, -0.2) is 0 Å². The lowest BCUT2D eigenvalue weighted by Crippen LogP contribution is -2.01. The van der Waals surface area contributed by atoms with Crippen LogP contribution in [0, 0.1) is 0 Å². The largest absolute Gasteiger partial charge is 0.427 e. The molecular formula is C16H18O2. The molecule has 0 radical (unpaired) electrons. The molecule has 0 saturated heterocycles. The Bertz CT molecular complexity index is 572. The van der Waals surface area contributed by atoms with Crippen molar-refractivity contribution in [2.75, 3.05) is 0 Å². The fraction of sp³-hybridized carbons (Fsp3) is 0.312. The van der Waals surface area contributed by atoms with Crippen molar-refractivity contribution < 1.29 is 9.53 Å². The van der Waals surface area contributed by atoms with Gasteiger partial charge in [0, 0.05) is 6.92 Å². The summed E-state index contributed by atoms with van der Waals surface area (Å²) in [6, 6.07) is 12.2. The summed E-state index contributed by atoms with van der Waals surface area (Å²) in [7, 11) is 0. The summed E-state index contributed by atoms with van der Waals surface area (Å²) in [4.78, 5) is 10.9. The van der Waals surface area contributed by atoms with Gasteiger partial charge >= 0.3 is 5.97 Å². The molecular weight excluding hydrogens is 224 g/mol. The molecule has 18 heavy (non-hydrogen) atoms. The van der Waals surface area contributed by atoms with Crippen molar-refractivity contribution in [2.45, 2.75) is 33.1 Å². The molecule has 2 aromatic carbocycles. The normalized spacial score (nSPS) is 12.4. The van der Waals surface area contributed by atoms with Crippen molar-refractivity contribution >= 4 is 16.7 Å². The highest BCUT2D eigenvalue weighted by Crippen LogP contribution is 2.26. The molecule has 0 aliphatic carbocycles. The van der Waals surface area contributed by atoms with Gasteiger partial charge in [0.05, 0.1) is 0 Å². The van der Waals surface area contributed by atoms with Gasteiger partial charge in [0.25, 0.3) is 0 Å². The quantitative estimate of drug-likeness (QED) is 0.593. The summed E-state index contributed by atoms with van der Waals surface area (Å²) in [5, 5.41) is 2.28. The van der Waals surface area contributed by atoms with Crippen molar-refractivity contribution in [2.24, 2.45) is 0 Å². The molecule has 0 spiro atoms. The van der Waals surface area contributed by atoms with Gasteiger partial charge in [-0.2, -0.15) is 0 Å².